The van der Waals surface area contributed by atoms with Gasteiger partial charge in [-0.2, -0.15) is 0 Å². The quantitative estimate of drug-likeness (QED) is 0.759. The predicted molar refractivity (Wildman–Crippen MR) is 86.4 cm³/mol. The van der Waals surface area contributed by atoms with E-state index in [0.29, 0.717) is 32.4 Å². The largest absolute Gasteiger partial charge is 0.495 e. The number of halogens is 2. The van der Waals surface area contributed by atoms with Crippen LogP contribution in [0.15, 0.2) is 42.7 Å². The fourth-order valence-corrected chi connectivity index (χ4v) is 2.94. The molecule has 3 rings (SSSR count). The van der Waals surface area contributed by atoms with Crippen LogP contribution in [0.1, 0.15) is 10.4 Å². The van der Waals surface area contributed by atoms with E-state index in [0.717, 1.165) is 0 Å². The molecule has 0 aliphatic carbocycles. The first-order valence-corrected chi connectivity index (χ1v) is 7.15. The third-order valence-corrected chi connectivity index (χ3v) is 4.04. The molecule has 4 nitrogen and oxygen atoms in total. The van der Waals surface area contributed by atoms with Crippen molar-refractivity contribution in [2.24, 2.45) is 0 Å². The molecule has 0 unspecified atom stereocenters. The number of hydrogen-bond donors (Lipinski definition) is 1. The van der Waals surface area contributed by atoms with Crippen LogP contribution in [0.3, 0.4) is 0 Å². The molecule has 0 fully saturated rings. The maximum absolute atomic E-state index is 11.7. The Balaban J connectivity index is 2.33. The third-order valence-electron chi connectivity index (χ3n) is 3.43. The number of nitrogens with zero attached hydrogens (tertiary/aromatic N) is 1. The summed E-state index contributed by atoms with van der Waals surface area (Å²) in [6.07, 6.45) is 3.51. The number of aromatic carboxylic acids is 1. The van der Waals surface area contributed by atoms with E-state index in [1.165, 1.54) is 7.11 Å². The van der Waals surface area contributed by atoms with Crippen LogP contribution in [-0.2, 0) is 0 Å². The topological polar surface area (TPSA) is 50.9 Å². The molecule has 0 bridgehead atoms. The molecule has 6 heteroatoms. The van der Waals surface area contributed by atoms with Gasteiger partial charge in [-0.05, 0) is 18.2 Å². The summed E-state index contributed by atoms with van der Waals surface area (Å²) >= 11 is 12.4. The molecule has 0 radical (unpaired) electrons. The first-order valence-electron chi connectivity index (χ1n) is 6.39. The van der Waals surface area contributed by atoms with Crippen molar-refractivity contribution in [3.8, 4) is 16.9 Å². The number of carboxylic acids is 1. The van der Waals surface area contributed by atoms with Gasteiger partial charge in [-0.15, -0.1) is 0 Å². The molecule has 2 heterocycles. The van der Waals surface area contributed by atoms with Crippen molar-refractivity contribution in [2.45, 2.75) is 0 Å². The third kappa shape index (κ3) is 2.30. The number of pyridine rings is 1. The van der Waals surface area contributed by atoms with Crippen molar-refractivity contribution in [1.29, 1.82) is 0 Å². The molecule has 1 N–H and O–H groups in total. The van der Waals surface area contributed by atoms with Crippen LogP contribution in [0, 0.1) is 0 Å². The molecule has 0 spiro atoms. The van der Waals surface area contributed by atoms with Crippen LogP contribution in [0.5, 0.6) is 5.75 Å². The van der Waals surface area contributed by atoms with Crippen molar-refractivity contribution in [1.82, 2.24) is 4.40 Å². The van der Waals surface area contributed by atoms with Crippen LogP contribution in [0.4, 0.5) is 0 Å². The smallest absolute Gasteiger partial charge is 0.338 e. The Bertz CT molecular complexity index is 886. The van der Waals surface area contributed by atoms with Crippen LogP contribution >= 0.6 is 23.2 Å². The van der Waals surface area contributed by atoms with E-state index >= 15 is 0 Å². The second-order valence-electron chi connectivity index (χ2n) is 4.68. The van der Waals surface area contributed by atoms with Crippen LogP contribution in [0.2, 0.25) is 10.0 Å². The number of rotatable bonds is 3. The minimum atomic E-state index is -1.02. The van der Waals surface area contributed by atoms with Gasteiger partial charge in [-0.25, -0.2) is 4.79 Å². The molecule has 3 aromatic rings. The zero-order chi connectivity index (χ0) is 15.9. The lowest BCUT2D eigenvalue weighted by Crippen LogP contribution is -1.98. The van der Waals surface area contributed by atoms with Gasteiger partial charge in [0.15, 0.2) is 0 Å². The van der Waals surface area contributed by atoms with Crippen molar-refractivity contribution in [3.63, 3.8) is 0 Å². The van der Waals surface area contributed by atoms with Crippen LogP contribution in [0.25, 0.3) is 16.6 Å². The number of methoxy groups -OCH3 is 1. The number of carbonyl (C=O) groups is 1. The summed E-state index contributed by atoms with van der Waals surface area (Å²) in [5.74, 6) is -0.581. The lowest BCUT2D eigenvalue weighted by Gasteiger charge is -2.08. The number of ether oxygens (including phenoxy) is 1. The monoisotopic (exact) mass is 335 g/mol. The summed E-state index contributed by atoms with van der Waals surface area (Å²) in [5.41, 5.74) is 1.83. The van der Waals surface area contributed by atoms with Gasteiger partial charge in [-0.3, -0.25) is 0 Å². The number of hydrogen-bond acceptors (Lipinski definition) is 2. The van der Waals surface area contributed by atoms with Gasteiger partial charge >= 0.3 is 5.97 Å². The summed E-state index contributed by atoms with van der Waals surface area (Å²) in [6.45, 7) is 0. The second-order valence-corrected chi connectivity index (χ2v) is 5.50. The molecule has 112 valence electrons. The number of carboxylic acid groups (broad SMARTS) is 1. The van der Waals surface area contributed by atoms with Crippen LogP contribution in [-0.4, -0.2) is 22.6 Å². The van der Waals surface area contributed by atoms with E-state index < -0.39 is 5.97 Å². The fourth-order valence-electron chi connectivity index (χ4n) is 2.44. The zero-order valence-electron chi connectivity index (χ0n) is 11.5. The lowest BCUT2D eigenvalue weighted by molar-refractivity contribution is 0.0700. The highest BCUT2D eigenvalue weighted by atomic mass is 35.5. The van der Waals surface area contributed by atoms with Gasteiger partial charge in [0.2, 0.25) is 0 Å². The van der Waals surface area contributed by atoms with Gasteiger partial charge in [0.05, 0.1) is 28.2 Å². The Morgan fingerprint density at radius 1 is 1.18 bits per heavy atom. The molecule has 0 aliphatic heterocycles. The number of aromatic nitrogens is 1. The first-order chi connectivity index (χ1) is 10.5. The van der Waals surface area contributed by atoms with Crippen LogP contribution < -0.4 is 4.74 Å². The zero-order valence-corrected chi connectivity index (χ0v) is 13.0. The average Bonchev–Trinajstić information content (AvgIpc) is 2.88. The SMILES string of the molecule is COc1cc(Cl)c(-c2cn3ccccc3c2C(=O)O)cc1Cl. The minimum absolute atomic E-state index is 0.184. The summed E-state index contributed by atoms with van der Waals surface area (Å²) in [5, 5.41) is 10.3. The van der Waals surface area contributed by atoms with Gasteiger partial charge in [0.25, 0.3) is 0 Å². The highest BCUT2D eigenvalue weighted by Gasteiger charge is 2.21. The van der Waals surface area contributed by atoms with Crippen molar-refractivity contribution in [3.05, 3.63) is 58.3 Å². The highest BCUT2D eigenvalue weighted by Crippen LogP contribution is 2.39. The van der Waals surface area contributed by atoms with Gasteiger partial charge in [0, 0.05) is 29.6 Å². The molecular weight excluding hydrogens is 325 g/mol. The average molecular weight is 336 g/mol. The molecule has 0 saturated carbocycles. The number of fused-ring (bicyclic) bond motifs is 1. The van der Waals surface area contributed by atoms with Gasteiger partial charge < -0.3 is 14.2 Å². The van der Waals surface area contributed by atoms with E-state index in [9.17, 15) is 9.90 Å². The van der Waals surface area contributed by atoms with E-state index in [1.54, 1.807) is 41.1 Å². The molecule has 0 atom stereocenters. The second kappa shape index (κ2) is 5.55. The van der Waals surface area contributed by atoms with E-state index in [4.69, 9.17) is 27.9 Å². The molecular formula is C16H11Cl2NO3. The van der Waals surface area contributed by atoms with Crippen molar-refractivity contribution in [2.75, 3.05) is 7.11 Å². The maximum Gasteiger partial charge on any atom is 0.338 e. The Morgan fingerprint density at radius 3 is 2.64 bits per heavy atom. The highest BCUT2D eigenvalue weighted by molar-refractivity contribution is 6.36. The molecule has 0 aliphatic rings. The van der Waals surface area contributed by atoms with Gasteiger partial charge in [0.1, 0.15) is 5.75 Å². The summed E-state index contributed by atoms with van der Waals surface area (Å²) in [6, 6.07) is 8.54. The van der Waals surface area contributed by atoms with E-state index in [-0.39, 0.29) is 5.56 Å². The maximum atomic E-state index is 11.7. The van der Waals surface area contributed by atoms with Crippen molar-refractivity contribution < 1.29 is 14.6 Å². The summed E-state index contributed by atoms with van der Waals surface area (Å²) < 4.78 is 6.86. The first kappa shape index (κ1) is 14.8. The summed E-state index contributed by atoms with van der Waals surface area (Å²) in [7, 11) is 1.49. The Hall–Kier alpha value is -2.17. The Morgan fingerprint density at radius 2 is 1.95 bits per heavy atom. The van der Waals surface area contributed by atoms with Crippen molar-refractivity contribution >= 4 is 34.7 Å². The van der Waals surface area contributed by atoms with E-state index in [2.05, 4.69) is 0 Å². The predicted octanol–water partition coefficient (Wildman–Crippen LogP) is 4.62. The molecule has 22 heavy (non-hydrogen) atoms. The normalized spacial score (nSPS) is 10.9. The lowest BCUT2D eigenvalue weighted by atomic mass is 10.0. The minimum Gasteiger partial charge on any atom is -0.495 e. The van der Waals surface area contributed by atoms with Gasteiger partial charge in [-0.1, -0.05) is 29.3 Å². The standard InChI is InChI=1S/C16H11Cl2NO3/c1-22-14-7-11(17)9(6-12(14)18)10-8-19-5-3-2-4-13(19)15(10)16(20)21/h2-8H,1H3,(H,20,21). The summed E-state index contributed by atoms with van der Waals surface area (Å²) in [4.78, 5) is 11.7. The number of benzene rings is 1. The Labute approximate surface area is 136 Å². The fraction of sp³-hybridized carbons (Fsp3) is 0.0625. The molecule has 0 saturated heterocycles. The molecule has 1 aromatic carbocycles. The Kier molecular flexibility index (Phi) is 3.72. The van der Waals surface area contributed by atoms with E-state index in [1.807, 2.05) is 6.07 Å². The molecule has 2 aromatic heterocycles. The molecule has 0 amide bonds.